The minimum absolute atomic E-state index is 0.333. The van der Waals surface area contributed by atoms with Crippen molar-refractivity contribution in [1.29, 1.82) is 0 Å². The molecule has 0 spiro atoms. The number of halogens is 1. The minimum atomic E-state index is -2.97. The summed E-state index contributed by atoms with van der Waals surface area (Å²) in [6.07, 6.45) is -2.38. The van der Waals surface area contributed by atoms with Crippen LogP contribution in [0.5, 0.6) is 0 Å². The first-order valence-corrected chi connectivity index (χ1v) is 4.10. The topological polar surface area (TPSA) is 124 Å². The number of carbonyl (C=O) groups is 1. The van der Waals surface area contributed by atoms with E-state index in [1.165, 1.54) is 0 Å². The van der Waals surface area contributed by atoms with E-state index in [0.717, 1.165) is 7.05 Å². The first-order chi connectivity index (χ1) is 7.77. The molecule has 0 fully saturated rings. The number of rotatable bonds is 3. The van der Waals surface area contributed by atoms with Gasteiger partial charge in [0.25, 0.3) is 6.30 Å². The van der Waals surface area contributed by atoms with E-state index in [9.17, 15) is 28.9 Å². The number of hydrogen-bond donors (Lipinski definition) is 1. The highest BCUT2D eigenvalue weighted by Crippen LogP contribution is 2.05. The number of nitro groups is 1. The largest absolute Gasteiger partial charge is 0.478 e. The van der Waals surface area contributed by atoms with Gasteiger partial charge in [0.2, 0.25) is 0 Å². The molecule has 10 heteroatoms. The Balaban J connectivity index is 3.71. The fourth-order valence-corrected chi connectivity index (χ4v) is 1.11. The van der Waals surface area contributed by atoms with Gasteiger partial charge in [-0.1, -0.05) is 0 Å². The predicted molar refractivity (Wildman–Crippen MR) is 50.4 cm³/mol. The molecule has 1 N–H and O–H groups in total. The summed E-state index contributed by atoms with van der Waals surface area (Å²) in [6.45, 7) is 0. The summed E-state index contributed by atoms with van der Waals surface area (Å²) in [5.74, 6) is -2.09. The van der Waals surface area contributed by atoms with E-state index in [1.807, 2.05) is 0 Å². The van der Waals surface area contributed by atoms with Crippen LogP contribution < -0.4 is 11.2 Å². The maximum Gasteiger partial charge on any atom is 0.360 e. The standard InChI is InChI=1S/C7H6FN3O6/c1-9-2-3(11(16)17)5(12)10(7(9)15)4(8)6(13)14/h2,4H,1H3,(H,13,14). The summed E-state index contributed by atoms with van der Waals surface area (Å²) >= 11 is 0. The third-order valence-electron chi connectivity index (χ3n) is 1.89. The van der Waals surface area contributed by atoms with Gasteiger partial charge >= 0.3 is 22.9 Å². The molecular weight excluding hydrogens is 241 g/mol. The quantitative estimate of drug-likeness (QED) is 0.540. The average molecular weight is 247 g/mol. The number of carboxylic acid groups (broad SMARTS) is 1. The summed E-state index contributed by atoms with van der Waals surface area (Å²) in [4.78, 5) is 42.3. The number of aliphatic carboxylic acids is 1. The van der Waals surface area contributed by atoms with Crippen molar-refractivity contribution in [2.24, 2.45) is 7.05 Å². The highest BCUT2D eigenvalue weighted by atomic mass is 19.1. The molecule has 0 aromatic carbocycles. The van der Waals surface area contributed by atoms with Gasteiger partial charge in [-0.3, -0.25) is 19.5 Å². The van der Waals surface area contributed by atoms with Crippen molar-refractivity contribution in [3.8, 4) is 0 Å². The van der Waals surface area contributed by atoms with Crippen LogP contribution in [0.1, 0.15) is 6.30 Å². The lowest BCUT2D eigenvalue weighted by Gasteiger charge is -2.07. The van der Waals surface area contributed by atoms with Crippen LogP contribution in [0, 0.1) is 10.1 Å². The molecule has 0 aliphatic rings. The van der Waals surface area contributed by atoms with Crippen molar-refractivity contribution < 1.29 is 19.2 Å². The number of aryl methyl sites for hydroxylation is 1. The molecule has 0 aliphatic carbocycles. The Hall–Kier alpha value is -2.52. The van der Waals surface area contributed by atoms with Gasteiger partial charge in [-0.2, -0.15) is 0 Å². The van der Waals surface area contributed by atoms with E-state index in [-0.39, 0.29) is 4.57 Å². The van der Waals surface area contributed by atoms with E-state index in [0.29, 0.717) is 10.8 Å². The van der Waals surface area contributed by atoms with Crippen LogP contribution in [-0.4, -0.2) is 25.1 Å². The van der Waals surface area contributed by atoms with Crippen molar-refractivity contribution in [2.75, 3.05) is 0 Å². The molecule has 9 nitrogen and oxygen atoms in total. The SMILES string of the molecule is Cn1cc([N+](=O)[O-])c(=O)n(C(F)C(=O)O)c1=O. The molecule has 1 aromatic rings. The second kappa shape index (κ2) is 4.15. The third kappa shape index (κ3) is 2.04. The van der Waals surface area contributed by atoms with E-state index in [1.54, 1.807) is 0 Å². The summed E-state index contributed by atoms with van der Waals surface area (Å²) in [5.41, 5.74) is -3.99. The van der Waals surface area contributed by atoms with Gasteiger partial charge in [0.15, 0.2) is 0 Å². The van der Waals surface area contributed by atoms with Crippen LogP contribution >= 0.6 is 0 Å². The van der Waals surface area contributed by atoms with Crippen molar-refractivity contribution in [3.63, 3.8) is 0 Å². The third-order valence-corrected chi connectivity index (χ3v) is 1.89. The molecule has 0 saturated carbocycles. The van der Waals surface area contributed by atoms with E-state index < -0.39 is 34.1 Å². The van der Waals surface area contributed by atoms with Crippen molar-refractivity contribution in [3.05, 3.63) is 37.1 Å². The molecule has 1 aromatic heterocycles. The molecule has 1 unspecified atom stereocenters. The van der Waals surface area contributed by atoms with Crippen molar-refractivity contribution in [1.82, 2.24) is 9.13 Å². The molecule has 17 heavy (non-hydrogen) atoms. The Morgan fingerprint density at radius 3 is 2.53 bits per heavy atom. The highest BCUT2D eigenvalue weighted by Gasteiger charge is 2.28. The zero-order valence-electron chi connectivity index (χ0n) is 8.36. The second-order valence-corrected chi connectivity index (χ2v) is 3.01. The summed E-state index contributed by atoms with van der Waals surface area (Å²) in [6, 6.07) is 0. The van der Waals surface area contributed by atoms with Crippen LogP contribution in [0.2, 0.25) is 0 Å². The molecule has 0 amide bonds. The zero-order valence-corrected chi connectivity index (χ0v) is 8.36. The second-order valence-electron chi connectivity index (χ2n) is 3.01. The lowest BCUT2D eigenvalue weighted by atomic mass is 10.5. The molecule has 1 rings (SSSR count). The van der Waals surface area contributed by atoms with Crippen LogP contribution in [0.4, 0.5) is 10.1 Å². The van der Waals surface area contributed by atoms with Gasteiger partial charge < -0.3 is 5.11 Å². The van der Waals surface area contributed by atoms with Crippen LogP contribution in [0.15, 0.2) is 15.8 Å². The van der Waals surface area contributed by atoms with E-state index in [2.05, 4.69) is 0 Å². The van der Waals surface area contributed by atoms with Gasteiger partial charge in [-0.25, -0.2) is 18.5 Å². The number of hydrogen-bond acceptors (Lipinski definition) is 5. The first kappa shape index (κ1) is 12.5. The predicted octanol–water partition coefficient (Wildman–Crippen LogP) is -0.992. The fraction of sp³-hybridized carbons (Fsp3) is 0.286. The highest BCUT2D eigenvalue weighted by molar-refractivity contribution is 5.70. The summed E-state index contributed by atoms with van der Waals surface area (Å²) in [7, 11) is 1.03. The molecule has 92 valence electrons. The van der Waals surface area contributed by atoms with Crippen molar-refractivity contribution in [2.45, 2.75) is 6.30 Å². The summed E-state index contributed by atoms with van der Waals surface area (Å²) < 4.78 is 13.3. The molecular formula is C7H6FN3O6. The molecule has 1 heterocycles. The Kier molecular flexibility index (Phi) is 3.07. The zero-order chi connectivity index (χ0) is 13.3. The fourth-order valence-electron chi connectivity index (χ4n) is 1.11. The number of carboxylic acids is 1. The molecule has 0 aliphatic heterocycles. The van der Waals surface area contributed by atoms with Gasteiger partial charge in [0.05, 0.1) is 11.1 Å². The Labute approximate surface area is 91.5 Å². The smallest absolute Gasteiger partial charge is 0.360 e. The van der Waals surface area contributed by atoms with Gasteiger partial charge in [0, 0.05) is 7.05 Å². The number of nitrogens with zero attached hydrogens (tertiary/aromatic N) is 3. The Morgan fingerprint density at radius 2 is 2.12 bits per heavy atom. The molecule has 0 saturated heterocycles. The average Bonchev–Trinajstić information content (AvgIpc) is 2.22. The van der Waals surface area contributed by atoms with E-state index in [4.69, 9.17) is 5.11 Å². The summed E-state index contributed by atoms with van der Waals surface area (Å²) in [5, 5.41) is 18.8. The van der Waals surface area contributed by atoms with Crippen molar-refractivity contribution >= 4 is 11.7 Å². The number of aromatic nitrogens is 2. The lowest BCUT2D eigenvalue weighted by Crippen LogP contribution is -2.42. The van der Waals surface area contributed by atoms with Gasteiger partial charge in [-0.15, -0.1) is 0 Å². The monoisotopic (exact) mass is 247 g/mol. The Morgan fingerprint density at radius 1 is 1.59 bits per heavy atom. The van der Waals surface area contributed by atoms with Gasteiger partial charge in [-0.05, 0) is 0 Å². The van der Waals surface area contributed by atoms with Crippen LogP contribution in [-0.2, 0) is 11.8 Å². The molecule has 0 radical (unpaired) electrons. The van der Waals surface area contributed by atoms with Crippen LogP contribution in [0.25, 0.3) is 0 Å². The number of alkyl halides is 1. The lowest BCUT2D eigenvalue weighted by molar-refractivity contribution is -0.387. The first-order valence-electron chi connectivity index (χ1n) is 4.10. The Bertz CT molecular complexity index is 603. The maximum absolute atomic E-state index is 13.1. The van der Waals surface area contributed by atoms with Gasteiger partial charge in [0.1, 0.15) is 0 Å². The molecule has 0 bridgehead atoms. The normalized spacial score (nSPS) is 12.1. The molecule has 1 atom stereocenters. The van der Waals surface area contributed by atoms with E-state index >= 15 is 0 Å². The van der Waals surface area contributed by atoms with Crippen LogP contribution in [0.3, 0.4) is 0 Å². The minimum Gasteiger partial charge on any atom is -0.478 e. The maximum atomic E-state index is 13.1.